The molecule has 0 aliphatic carbocycles. The van der Waals surface area contributed by atoms with Crippen LogP contribution in [0.3, 0.4) is 0 Å². The maximum absolute atomic E-state index is 12.4. The molecule has 2 aromatic rings. The molecule has 20 heavy (non-hydrogen) atoms. The molecule has 0 atom stereocenters. The van der Waals surface area contributed by atoms with Crippen LogP contribution in [0.5, 0.6) is 0 Å². The Morgan fingerprint density at radius 2 is 1.60 bits per heavy atom. The van der Waals surface area contributed by atoms with E-state index < -0.39 is 0 Å². The van der Waals surface area contributed by atoms with Crippen LogP contribution in [-0.4, -0.2) is 9.78 Å². The minimum atomic E-state index is -0.0242. The molecule has 3 nitrogen and oxygen atoms in total. The van der Waals surface area contributed by atoms with Crippen molar-refractivity contribution in [3.05, 3.63) is 50.9 Å². The van der Waals surface area contributed by atoms with E-state index in [0.29, 0.717) is 0 Å². The lowest BCUT2D eigenvalue weighted by Gasteiger charge is -2.15. The summed E-state index contributed by atoms with van der Waals surface area (Å²) in [6, 6.07) is 6.28. The van der Waals surface area contributed by atoms with Crippen LogP contribution in [0, 0.1) is 13.8 Å². The Hall–Kier alpha value is -1.90. The van der Waals surface area contributed by atoms with E-state index in [1.165, 1.54) is 21.4 Å². The van der Waals surface area contributed by atoms with Gasteiger partial charge in [-0.1, -0.05) is 31.5 Å². The first-order chi connectivity index (χ1) is 9.47. The van der Waals surface area contributed by atoms with Gasteiger partial charge in [0.2, 0.25) is 0 Å². The van der Waals surface area contributed by atoms with Gasteiger partial charge in [0.05, 0.1) is 11.3 Å². The van der Waals surface area contributed by atoms with Crippen LogP contribution >= 0.6 is 0 Å². The summed E-state index contributed by atoms with van der Waals surface area (Å²) < 4.78 is 1.43. The zero-order chi connectivity index (χ0) is 14.9. The molecule has 0 amide bonds. The quantitative estimate of drug-likeness (QED) is 0.858. The molecule has 0 aliphatic rings. The zero-order valence-corrected chi connectivity index (χ0v) is 12.9. The highest BCUT2D eigenvalue weighted by Gasteiger charge is 2.15. The van der Waals surface area contributed by atoms with E-state index in [4.69, 9.17) is 0 Å². The second kappa shape index (κ2) is 5.61. The largest absolute Gasteiger partial charge is 0.274 e. The minimum absolute atomic E-state index is 0.0242. The van der Waals surface area contributed by atoms with Gasteiger partial charge in [-0.15, -0.1) is 0 Å². The third-order valence-corrected chi connectivity index (χ3v) is 3.66. The van der Waals surface area contributed by atoms with E-state index in [1.807, 2.05) is 13.0 Å². The summed E-state index contributed by atoms with van der Waals surface area (Å²) in [5.41, 5.74) is 6.45. The first-order valence-electron chi connectivity index (χ1n) is 7.15. The van der Waals surface area contributed by atoms with Crippen molar-refractivity contribution < 1.29 is 0 Å². The van der Waals surface area contributed by atoms with Crippen molar-refractivity contribution in [2.45, 2.75) is 40.5 Å². The Morgan fingerprint density at radius 1 is 1.05 bits per heavy atom. The summed E-state index contributed by atoms with van der Waals surface area (Å²) >= 11 is 0. The van der Waals surface area contributed by atoms with Crippen LogP contribution in [0.25, 0.3) is 11.1 Å². The van der Waals surface area contributed by atoms with Crippen molar-refractivity contribution in [1.82, 2.24) is 9.78 Å². The summed E-state index contributed by atoms with van der Waals surface area (Å²) in [4.78, 5) is 12.4. The fourth-order valence-corrected chi connectivity index (χ4v) is 2.78. The second-order valence-corrected chi connectivity index (χ2v) is 5.29. The minimum Gasteiger partial charge on any atom is -0.267 e. The second-order valence-electron chi connectivity index (χ2n) is 5.29. The lowest BCUT2D eigenvalue weighted by molar-refractivity contribution is 0.694. The van der Waals surface area contributed by atoms with Gasteiger partial charge in [-0.3, -0.25) is 4.79 Å². The molecular weight excluding hydrogens is 248 g/mol. The van der Waals surface area contributed by atoms with Crippen molar-refractivity contribution >= 4 is 0 Å². The molecule has 106 valence electrons. The van der Waals surface area contributed by atoms with Gasteiger partial charge in [0, 0.05) is 7.05 Å². The van der Waals surface area contributed by atoms with Crippen LogP contribution in [0.2, 0.25) is 0 Å². The highest BCUT2D eigenvalue weighted by atomic mass is 16.1. The molecule has 0 unspecified atom stereocenters. The number of rotatable bonds is 3. The van der Waals surface area contributed by atoms with E-state index in [9.17, 15) is 4.79 Å². The van der Waals surface area contributed by atoms with E-state index in [-0.39, 0.29) is 5.56 Å². The first kappa shape index (κ1) is 14.5. The summed E-state index contributed by atoms with van der Waals surface area (Å²) in [5.74, 6) is 0. The number of aryl methyl sites for hydroxylation is 5. The van der Waals surface area contributed by atoms with E-state index in [0.717, 1.165) is 29.7 Å². The molecule has 3 heteroatoms. The fourth-order valence-electron chi connectivity index (χ4n) is 2.78. The molecule has 1 heterocycles. The monoisotopic (exact) mass is 270 g/mol. The van der Waals surface area contributed by atoms with Crippen molar-refractivity contribution in [2.24, 2.45) is 7.05 Å². The summed E-state index contributed by atoms with van der Waals surface area (Å²) in [7, 11) is 1.71. The lowest BCUT2D eigenvalue weighted by Crippen LogP contribution is -2.22. The molecular formula is C17H22N2O. The third kappa shape index (κ3) is 2.53. The summed E-state index contributed by atoms with van der Waals surface area (Å²) in [6.45, 7) is 8.30. The first-order valence-corrected chi connectivity index (χ1v) is 7.15. The van der Waals surface area contributed by atoms with Crippen molar-refractivity contribution in [2.75, 3.05) is 0 Å². The van der Waals surface area contributed by atoms with E-state index >= 15 is 0 Å². The fraction of sp³-hybridized carbons (Fsp3) is 0.412. The molecule has 1 aromatic heterocycles. The van der Waals surface area contributed by atoms with Crippen LogP contribution in [0.1, 0.15) is 36.2 Å². The van der Waals surface area contributed by atoms with Gasteiger partial charge >= 0.3 is 0 Å². The van der Waals surface area contributed by atoms with Crippen LogP contribution in [0.15, 0.2) is 23.0 Å². The topological polar surface area (TPSA) is 34.9 Å². The van der Waals surface area contributed by atoms with E-state index in [1.54, 1.807) is 7.05 Å². The Labute approximate surface area is 120 Å². The summed E-state index contributed by atoms with van der Waals surface area (Å²) in [5, 5.41) is 4.19. The predicted molar refractivity (Wildman–Crippen MR) is 83.1 cm³/mol. The van der Waals surface area contributed by atoms with Gasteiger partial charge in [-0.25, -0.2) is 4.68 Å². The van der Waals surface area contributed by atoms with Gasteiger partial charge in [-0.05, 0) is 49.4 Å². The zero-order valence-electron chi connectivity index (χ0n) is 12.9. The molecule has 2 rings (SSSR count). The number of aromatic nitrogens is 2. The highest BCUT2D eigenvalue weighted by molar-refractivity contribution is 5.71. The van der Waals surface area contributed by atoms with Crippen LogP contribution in [0.4, 0.5) is 0 Å². The molecule has 0 N–H and O–H groups in total. The van der Waals surface area contributed by atoms with Crippen molar-refractivity contribution in [1.29, 1.82) is 0 Å². The average Bonchev–Trinajstić information content (AvgIpc) is 2.41. The molecule has 1 aromatic carbocycles. The van der Waals surface area contributed by atoms with Gasteiger partial charge in [0.25, 0.3) is 5.56 Å². The van der Waals surface area contributed by atoms with Crippen molar-refractivity contribution in [3.8, 4) is 11.1 Å². The highest BCUT2D eigenvalue weighted by Crippen LogP contribution is 2.28. The SMILES string of the molecule is CCc1cc(C)cc(CC)c1-c1cc(C)nn(C)c1=O. The Morgan fingerprint density at radius 3 is 2.10 bits per heavy atom. The number of benzene rings is 1. The Bertz CT molecular complexity index is 674. The standard InChI is InChI=1S/C17H22N2O/c1-6-13-8-11(3)9-14(7-2)16(13)15-10-12(4)18-19(5)17(15)20/h8-10H,6-7H2,1-5H3. The molecule has 0 fully saturated rings. The number of hydrogen-bond donors (Lipinski definition) is 0. The van der Waals surface area contributed by atoms with Crippen LogP contribution < -0.4 is 5.56 Å². The molecule has 0 bridgehead atoms. The molecule has 0 radical (unpaired) electrons. The van der Waals surface area contributed by atoms with Gasteiger partial charge in [-0.2, -0.15) is 5.10 Å². The molecule has 0 saturated heterocycles. The molecule has 0 spiro atoms. The Kier molecular flexibility index (Phi) is 4.07. The molecule has 0 aliphatic heterocycles. The van der Waals surface area contributed by atoms with Gasteiger partial charge in [0.15, 0.2) is 0 Å². The molecule has 0 saturated carbocycles. The predicted octanol–water partition coefficient (Wildman–Crippen LogP) is 3.19. The summed E-state index contributed by atoms with van der Waals surface area (Å²) in [6.07, 6.45) is 1.85. The van der Waals surface area contributed by atoms with Crippen LogP contribution in [-0.2, 0) is 19.9 Å². The lowest BCUT2D eigenvalue weighted by atomic mass is 9.90. The maximum atomic E-state index is 12.4. The number of hydrogen-bond acceptors (Lipinski definition) is 2. The Balaban J connectivity index is 2.85. The van der Waals surface area contributed by atoms with Crippen molar-refractivity contribution in [3.63, 3.8) is 0 Å². The normalized spacial score (nSPS) is 10.8. The number of nitrogens with zero attached hydrogens (tertiary/aromatic N) is 2. The third-order valence-electron chi connectivity index (χ3n) is 3.66. The van der Waals surface area contributed by atoms with Gasteiger partial charge < -0.3 is 0 Å². The van der Waals surface area contributed by atoms with E-state index in [2.05, 4.69) is 38.0 Å². The smallest absolute Gasteiger partial charge is 0.267 e. The van der Waals surface area contributed by atoms with Gasteiger partial charge in [0.1, 0.15) is 0 Å². The maximum Gasteiger partial charge on any atom is 0.274 e. The average molecular weight is 270 g/mol.